The van der Waals surface area contributed by atoms with Crippen LogP contribution in [0.4, 0.5) is 5.82 Å². The molecule has 0 aliphatic carbocycles. The van der Waals surface area contributed by atoms with Crippen molar-refractivity contribution in [2.45, 2.75) is 19.9 Å². The van der Waals surface area contributed by atoms with E-state index in [9.17, 15) is 4.79 Å². The summed E-state index contributed by atoms with van der Waals surface area (Å²) in [6.07, 6.45) is 2.95. The van der Waals surface area contributed by atoms with E-state index >= 15 is 0 Å². The molecule has 0 bridgehead atoms. The SMILES string of the molecule is CC(C)N1CCN(c2nccnc2C(=O)O)CC1. The molecule has 0 aromatic carbocycles. The summed E-state index contributed by atoms with van der Waals surface area (Å²) in [5.74, 6) is -0.544. The fraction of sp³-hybridized carbons (Fsp3) is 0.583. The highest BCUT2D eigenvalue weighted by molar-refractivity contribution is 5.90. The summed E-state index contributed by atoms with van der Waals surface area (Å²) in [6.45, 7) is 7.76. The first kappa shape index (κ1) is 12.8. The number of carboxylic acids is 1. The molecular formula is C12H18N4O2. The maximum absolute atomic E-state index is 11.1. The molecule has 6 heteroatoms. The van der Waals surface area contributed by atoms with Gasteiger partial charge in [0.15, 0.2) is 11.5 Å². The number of piperazine rings is 1. The summed E-state index contributed by atoms with van der Waals surface area (Å²) in [5, 5.41) is 9.10. The maximum atomic E-state index is 11.1. The van der Waals surface area contributed by atoms with Crippen LogP contribution in [0.25, 0.3) is 0 Å². The van der Waals surface area contributed by atoms with Crippen LogP contribution in [-0.2, 0) is 0 Å². The van der Waals surface area contributed by atoms with E-state index in [1.54, 1.807) is 0 Å². The van der Waals surface area contributed by atoms with Gasteiger partial charge in [-0.3, -0.25) is 4.90 Å². The minimum Gasteiger partial charge on any atom is -0.476 e. The monoisotopic (exact) mass is 250 g/mol. The van der Waals surface area contributed by atoms with Crippen LogP contribution in [0.1, 0.15) is 24.3 Å². The quantitative estimate of drug-likeness (QED) is 0.852. The molecule has 0 spiro atoms. The number of carbonyl (C=O) groups is 1. The second-order valence-corrected chi connectivity index (χ2v) is 4.65. The first-order valence-corrected chi connectivity index (χ1v) is 6.13. The zero-order valence-electron chi connectivity index (χ0n) is 10.7. The molecule has 0 atom stereocenters. The molecular weight excluding hydrogens is 232 g/mol. The minimum atomic E-state index is -1.02. The maximum Gasteiger partial charge on any atom is 0.358 e. The van der Waals surface area contributed by atoms with Gasteiger partial charge in [0, 0.05) is 44.6 Å². The van der Waals surface area contributed by atoms with Crippen LogP contribution in [0.15, 0.2) is 12.4 Å². The van der Waals surface area contributed by atoms with E-state index in [2.05, 4.69) is 28.7 Å². The number of hydrogen-bond donors (Lipinski definition) is 1. The van der Waals surface area contributed by atoms with Gasteiger partial charge in [-0.2, -0.15) is 0 Å². The summed E-state index contributed by atoms with van der Waals surface area (Å²) in [7, 11) is 0. The molecule has 1 aromatic heterocycles. The van der Waals surface area contributed by atoms with Crippen LogP contribution < -0.4 is 4.90 Å². The molecule has 1 fully saturated rings. The van der Waals surface area contributed by atoms with Gasteiger partial charge in [0.2, 0.25) is 0 Å². The van der Waals surface area contributed by atoms with Gasteiger partial charge >= 0.3 is 5.97 Å². The van der Waals surface area contributed by atoms with Gasteiger partial charge in [-0.1, -0.05) is 0 Å². The van der Waals surface area contributed by atoms with Crippen LogP contribution >= 0.6 is 0 Å². The number of anilines is 1. The van der Waals surface area contributed by atoms with Crippen molar-refractivity contribution >= 4 is 11.8 Å². The first-order valence-electron chi connectivity index (χ1n) is 6.13. The Morgan fingerprint density at radius 1 is 1.22 bits per heavy atom. The summed E-state index contributed by atoms with van der Waals surface area (Å²) >= 11 is 0. The normalized spacial score (nSPS) is 17.2. The van der Waals surface area contributed by atoms with Gasteiger partial charge < -0.3 is 10.0 Å². The van der Waals surface area contributed by atoms with Crippen LogP contribution in [0.2, 0.25) is 0 Å². The zero-order valence-corrected chi connectivity index (χ0v) is 10.7. The van der Waals surface area contributed by atoms with E-state index < -0.39 is 5.97 Å². The first-order chi connectivity index (χ1) is 8.59. The predicted octanol–water partition coefficient (Wildman–Crippen LogP) is 0.705. The van der Waals surface area contributed by atoms with Crippen LogP contribution in [0.3, 0.4) is 0 Å². The Morgan fingerprint density at radius 2 is 1.83 bits per heavy atom. The molecule has 0 saturated carbocycles. The second-order valence-electron chi connectivity index (χ2n) is 4.65. The van der Waals surface area contributed by atoms with E-state index in [0.29, 0.717) is 11.9 Å². The summed E-state index contributed by atoms with van der Waals surface area (Å²) < 4.78 is 0. The molecule has 18 heavy (non-hydrogen) atoms. The minimum absolute atomic E-state index is 0.0375. The number of nitrogens with zero attached hydrogens (tertiary/aromatic N) is 4. The number of carboxylic acid groups (broad SMARTS) is 1. The largest absolute Gasteiger partial charge is 0.476 e. The average Bonchev–Trinajstić information content (AvgIpc) is 2.39. The van der Waals surface area contributed by atoms with Gasteiger partial charge in [-0.15, -0.1) is 0 Å². The molecule has 1 aromatic rings. The molecule has 2 heterocycles. The lowest BCUT2D eigenvalue weighted by molar-refractivity contribution is 0.0690. The van der Waals surface area contributed by atoms with Crippen LogP contribution in [0, 0.1) is 0 Å². The van der Waals surface area contributed by atoms with Crippen molar-refractivity contribution in [1.29, 1.82) is 0 Å². The summed E-state index contributed by atoms with van der Waals surface area (Å²) in [4.78, 5) is 23.5. The van der Waals surface area contributed by atoms with E-state index in [1.807, 2.05) is 4.90 Å². The van der Waals surface area contributed by atoms with Crippen molar-refractivity contribution in [2.75, 3.05) is 31.1 Å². The Bertz CT molecular complexity index is 428. The number of aromatic nitrogens is 2. The van der Waals surface area contributed by atoms with Gasteiger partial charge in [0.1, 0.15) is 0 Å². The molecule has 6 nitrogen and oxygen atoms in total. The molecule has 2 rings (SSSR count). The lowest BCUT2D eigenvalue weighted by Gasteiger charge is -2.37. The predicted molar refractivity (Wildman–Crippen MR) is 67.9 cm³/mol. The Hall–Kier alpha value is -1.69. The molecule has 1 aliphatic rings. The topological polar surface area (TPSA) is 69.6 Å². The lowest BCUT2D eigenvalue weighted by atomic mass is 10.2. The van der Waals surface area contributed by atoms with Gasteiger partial charge in [-0.05, 0) is 13.8 Å². The third-order valence-corrected chi connectivity index (χ3v) is 3.23. The van der Waals surface area contributed by atoms with Crippen LogP contribution in [-0.4, -0.2) is 58.2 Å². The smallest absolute Gasteiger partial charge is 0.358 e. The molecule has 0 radical (unpaired) electrons. The van der Waals surface area contributed by atoms with E-state index in [1.165, 1.54) is 12.4 Å². The molecule has 0 amide bonds. The molecule has 98 valence electrons. The van der Waals surface area contributed by atoms with Crippen molar-refractivity contribution in [1.82, 2.24) is 14.9 Å². The Balaban J connectivity index is 2.12. The Morgan fingerprint density at radius 3 is 2.39 bits per heavy atom. The highest BCUT2D eigenvalue weighted by Gasteiger charge is 2.24. The van der Waals surface area contributed by atoms with Crippen molar-refractivity contribution in [3.05, 3.63) is 18.1 Å². The number of aromatic carboxylic acids is 1. The third-order valence-electron chi connectivity index (χ3n) is 3.23. The van der Waals surface area contributed by atoms with Gasteiger partial charge in [0.25, 0.3) is 0 Å². The van der Waals surface area contributed by atoms with Crippen molar-refractivity contribution < 1.29 is 9.90 Å². The molecule has 0 unspecified atom stereocenters. The van der Waals surface area contributed by atoms with Crippen LogP contribution in [0.5, 0.6) is 0 Å². The Labute approximate surface area is 106 Å². The number of rotatable bonds is 3. The molecule has 1 saturated heterocycles. The van der Waals surface area contributed by atoms with Gasteiger partial charge in [-0.25, -0.2) is 14.8 Å². The van der Waals surface area contributed by atoms with E-state index in [4.69, 9.17) is 5.11 Å². The highest BCUT2D eigenvalue weighted by Crippen LogP contribution is 2.17. The highest BCUT2D eigenvalue weighted by atomic mass is 16.4. The molecule has 1 N–H and O–H groups in total. The van der Waals surface area contributed by atoms with E-state index in [0.717, 1.165) is 26.2 Å². The standard InChI is InChI=1S/C12H18N4O2/c1-9(2)15-5-7-16(8-6-15)11-10(12(17)18)13-3-4-14-11/h3-4,9H,5-8H2,1-2H3,(H,17,18). The van der Waals surface area contributed by atoms with E-state index in [-0.39, 0.29) is 5.69 Å². The fourth-order valence-electron chi connectivity index (χ4n) is 2.16. The van der Waals surface area contributed by atoms with Crippen molar-refractivity contribution in [3.8, 4) is 0 Å². The third kappa shape index (κ3) is 2.59. The number of hydrogen-bond acceptors (Lipinski definition) is 5. The van der Waals surface area contributed by atoms with Crippen molar-refractivity contribution in [3.63, 3.8) is 0 Å². The lowest BCUT2D eigenvalue weighted by Crippen LogP contribution is -2.49. The second kappa shape index (κ2) is 5.30. The summed E-state index contributed by atoms with van der Waals surface area (Å²) in [6, 6.07) is 0.521. The zero-order chi connectivity index (χ0) is 13.1. The average molecular weight is 250 g/mol. The fourth-order valence-corrected chi connectivity index (χ4v) is 2.16. The molecule has 1 aliphatic heterocycles. The summed E-state index contributed by atoms with van der Waals surface area (Å²) in [5.41, 5.74) is 0.0375. The Kier molecular flexibility index (Phi) is 3.76. The van der Waals surface area contributed by atoms with Crippen molar-refractivity contribution in [2.24, 2.45) is 0 Å². The van der Waals surface area contributed by atoms with Gasteiger partial charge in [0.05, 0.1) is 0 Å².